The van der Waals surface area contributed by atoms with Crippen molar-refractivity contribution in [2.24, 2.45) is 0 Å². The van der Waals surface area contributed by atoms with Crippen molar-refractivity contribution in [2.75, 3.05) is 19.6 Å². The van der Waals surface area contributed by atoms with Crippen molar-refractivity contribution in [1.82, 2.24) is 20.4 Å². The van der Waals surface area contributed by atoms with Crippen molar-refractivity contribution in [3.63, 3.8) is 0 Å². The van der Waals surface area contributed by atoms with Crippen LogP contribution in [0.15, 0.2) is 4.52 Å². The van der Waals surface area contributed by atoms with Gasteiger partial charge in [-0.1, -0.05) is 5.16 Å². The fourth-order valence-corrected chi connectivity index (χ4v) is 2.50. The molecule has 1 saturated heterocycles. The SMILES string of the molecule is CCNC(=O)C(C)N1CCC(c2nc(C)no2)CC1. The van der Waals surface area contributed by atoms with Gasteiger partial charge in [0.05, 0.1) is 6.04 Å². The molecule has 0 bridgehead atoms. The first kappa shape index (κ1) is 14.0. The van der Waals surface area contributed by atoms with Crippen LogP contribution in [0.25, 0.3) is 0 Å². The van der Waals surface area contributed by atoms with E-state index in [0.29, 0.717) is 18.3 Å². The molecule has 1 atom stereocenters. The topological polar surface area (TPSA) is 71.3 Å². The monoisotopic (exact) mass is 266 g/mol. The van der Waals surface area contributed by atoms with E-state index < -0.39 is 0 Å². The summed E-state index contributed by atoms with van der Waals surface area (Å²) in [6.07, 6.45) is 1.93. The van der Waals surface area contributed by atoms with Crippen molar-refractivity contribution in [1.29, 1.82) is 0 Å². The minimum atomic E-state index is -0.0645. The largest absolute Gasteiger partial charge is 0.355 e. The average Bonchev–Trinajstić information content (AvgIpc) is 2.85. The third-order valence-electron chi connectivity index (χ3n) is 3.70. The summed E-state index contributed by atoms with van der Waals surface area (Å²) in [6.45, 7) is 8.20. The van der Waals surface area contributed by atoms with Gasteiger partial charge in [0.15, 0.2) is 5.82 Å². The number of hydrogen-bond donors (Lipinski definition) is 1. The van der Waals surface area contributed by atoms with E-state index in [1.807, 2.05) is 20.8 Å². The summed E-state index contributed by atoms with van der Waals surface area (Å²) in [5.41, 5.74) is 0. The van der Waals surface area contributed by atoms with Crippen LogP contribution < -0.4 is 5.32 Å². The van der Waals surface area contributed by atoms with Gasteiger partial charge in [-0.15, -0.1) is 0 Å². The Labute approximate surface area is 113 Å². The van der Waals surface area contributed by atoms with E-state index in [2.05, 4.69) is 20.4 Å². The number of aryl methyl sites for hydroxylation is 1. The van der Waals surface area contributed by atoms with Gasteiger partial charge in [-0.2, -0.15) is 4.98 Å². The Morgan fingerprint density at radius 3 is 2.74 bits per heavy atom. The second kappa shape index (κ2) is 6.14. The Kier molecular flexibility index (Phi) is 4.52. The minimum Gasteiger partial charge on any atom is -0.355 e. The molecule has 19 heavy (non-hydrogen) atoms. The predicted octanol–water partition coefficient (Wildman–Crippen LogP) is 1.08. The first-order valence-electron chi connectivity index (χ1n) is 6.93. The molecule has 106 valence electrons. The van der Waals surface area contributed by atoms with Gasteiger partial charge in [0.2, 0.25) is 11.8 Å². The second-order valence-corrected chi connectivity index (χ2v) is 5.06. The van der Waals surface area contributed by atoms with Crippen LogP contribution in [-0.4, -0.2) is 46.6 Å². The van der Waals surface area contributed by atoms with E-state index in [9.17, 15) is 4.79 Å². The van der Waals surface area contributed by atoms with E-state index >= 15 is 0 Å². The van der Waals surface area contributed by atoms with Crippen LogP contribution >= 0.6 is 0 Å². The molecule has 2 heterocycles. The number of nitrogens with zero attached hydrogens (tertiary/aromatic N) is 3. The number of aromatic nitrogens is 2. The minimum absolute atomic E-state index is 0.0645. The number of hydrogen-bond acceptors (Lipinski definition) is 5. The highest BCUT2D eigenvalue weighted by atomic mass is 16.5. The van der Waals surface area contributed by atoms with Gasteiger partial charge in [-0.3, -0.25) is 9.69 Å². The van der Waals surface area contributed by atoms with E-state index in [1.54, 1.807) is 0 Å². The quantitative estimate of drug-likeness (QED) is 0.883. The van der Waals surface area contributed by atoms with Crippen LogP contribution in [-0.2, 0) is 4.79 Å². The van der Waals surface area contributed by atoms with E-state index in [4.69, 9.17) is 4.52 Å². The van der Waals surface area contributed by atoms with Gasteiger partial charge in [0.1, 0.15) is 0 Å². The first-order chi connectivity index (χ1) is 9.11. The lowest BCUT2D eigenvalue weighted by molar-refractivity contribution is -0.126. The van der Waals surface area contributed by atoms with Gasteiger partial charge in [0, 0.05) is 12.5 Å². The van der Waals surface area contributed by atoms with Gasteiger partial charge in [0.25, 0.3) is 0 Å². The van der Waals surface area contributed by atoms with E-state index in [-0.39, 0.29) is 11.9 Å². The van der Waals surface area contributed by atoms with Gasteiger partial charge in [-0.05, 0) is 46.7 Å². The van der Waals surface area contributed by atoms with Gasteiger partial charge in [-0.25, -0.2) is 0 Å². The highest BCUT2D eigenvalue weighted by molar-refractivity contribution is 5.81. The zero-order valence-corrected chi connectivity index (χ0v) is 11.8. The molecular formula is C13H22N4O2. The Bertz CT molecular complexity index is 424. The molecule has 1 aliphatic heterocycles. The van der Waals surface area contributed by atoms with E-state index in [0.717, 1.165) is 31.8 Å². The normalized spacial score (nSPS) is 19.3. The molecule has 0 saturated carbocycles. The number of amides is 1. The van der Waals surface area contributed by atoms with Crippen LogP contribution in [0.2, 0.25) is 0 Å². The maximum atomic E-state index is 11.8. The first-order valence-corrected chi connectivity index (χ1v) is 6.93. The molecule has 6 nitrogen and oxygen atoms in total. The smallest absolute Gasteiger partial charge is 0.237 e. The number of carbonyl (C=O) groups excluding carboxylic acids is 1. The summed E-state index contributed by atoms with van der Waals surface area (Å²) < 4.78 is 5.23. The Hall–Kier alpha value is -1.43. The zero-order chi connectivity index (χ0) is 13.8. The molecule has 2 rings (SSSR count). The number of nitrogens with one attached hydrogen (secondary N) is 1. The maximum absolute atomic E-state index is 11.8. The zero-order valence-electron chi connectivity index (χ0n) is 11.8. The molecule has 1 aliphatic rings. The van der Waals surface area contributed by atoms with Crippen molar-refractivity contribution < 1.29 is 9.32 Å². The molecule has 1 fully saturated rings. The molecule has 0 aliphatic carbocycles. The lowest BCUT2D eigenvalue weighted by atomic mass is 9.95. The molecule has 0 radical (unpaired) electrons. The molecule has 1 aromatic heterocycles. The van der Waals surface area contributed by atoms with Crippen molar-refractivity contribution in [2.45, 2.75) is 45.6 Å². The van der Waals surface area contributed by atoms with Gasteiger partial charge >= 0.3 is 0 Å². The number of rotatable bonds is 4. The third-order valence-corrected chi connectivity index (χ3v) is 3.70. The molecule has 1 N–H and O–H groups in total. The molecule has 1 amide bonds. The van der Waals surface area contributed by atoms with Crippen LogP contribution in [0.4, 0.5) is 0 Å². The number of likely N-dealkylation sites (tertiary alicyclic amines) is 1. The standard InChI is InChI=1S/C13H22N4O2/c1-4-14-12(18)9(2)17-7-5-11(6-8-17)13-15-10(3)16-19-13/h9,11H,4-8H2,1-3H3,(H,14,18). The molecule has 6 heteroatoms. The van der Waals surface area contributed by atoms with Crippen molar-refractivity contribution in [3.8, 4) is 0 Å². The fraction of sp³-hybridized carbons (Fsp3) is 0.769. The summed E-state index contributed by atoms with van der Waals surface area (Å²) >= 11 is 0. The van der Waals surface area contributed by atoms with E-state index in [1.165, 1.54) is 0 Å². The van der Waals surface area contributed by atoms with Crippen molar-refractivity contribution in [3.05, 3.63) is 11.7 Å². The second-order valence-electron chi connectivity index (χ2n) is 5.06. The highest BCUT2D eigenvalue weighted by Crippen LogP contribution is 2.27. The van der Waals surface area contributed by atoms with Crippen molar-refractivity contribution >= 4 is 5.91 Å². The Balaban J connectivity index is 1.87. The number of likely N-dealkylation sites (N-methyl/N-ethyl adjacent to an activating group) is 1. The maximum Gasteiger partial charge on any atom is 0.237 e. The summed E-state index contributed by atoms with van der Waals surface area (Å²) in [5, 5.41) is 6.70. The number of piperidine rings is 1. The Morgan fingerprint density at radius 2 is 2.21 bits per heavy atom. The summed E-state index contributed by atoms with van der Waals surface area (Å²) in [6, 6.07) is -0.0645. The number of carbonyl (C=O) groups is 1. The summed E-state index contributed by atoms with van der Waals surface area (Å²) in [7, 11) is 0. The lowest BCUT2D eigenvalue weighted by Gasteiger charge is -2.34. The third kappa shape index (κ3) is 3.32. The summed E-state index contributed by atoms with van der Waals surface area (Å²) in [5.74, 6) is 1.87. The average molecular weight is 266 g/mol. The fourth-order valence-electron chi connectivity index (χ4n) is 2.50. The van der Waals surface area contributed by atoms with Gasteiger partial charge < -0.3 is 9.84 Å². The summed E-state index contributed by atoms with van der Waals surface area (Å²) in [4.78, 5) is 18.3. The molecular weight excluding hydrogens is 244 g/mol. The molecule has 0 spiro atoms. The van der Waals surface area contributed by atoms with Crippen LogP contribution in [0.3, 0.4) is 0 Å². The van der Waals surface area contributed by atoms with Crippen LogP contribution in [0.1, 0.15) is 44.3 Å². The highest BCUT2D eigenvalue weighted by Gasteiger charge is 2.29. The lowest BCUT2D eigenvalue weighted by Crippen LogP contribution is -2.48. The Morgan fingerprint density at radius 1 is 1.53 bits per heavy atom. The van der Waals surface area contributed by atoms with Crippen LogP contribution in [0, 0.1) is 6.92 Å². The molecule has 1 aromatic rings. The molecule has 1 unspecified atom stereocenters. The van der Waals surface area contributed by atoms with Crippen LogP contribution in [0.5, 0.6) is 0 Å². The predicted molar refractivity (Wildman–Crippen MR) is 70.7 cm³/mol. The molecule has 0 aromatic carbocycles.